The van der Waals surface area contributed by atoms with Gasteiger partial charge in [0.15, 0.2) is 0 Å². The van der Waals surface area contributed by atoms with Crippen molar-refractivity contribution < 1.29 is 19.8 Å². The number of hydrogen-bond donors (Lipinski definition) is 3. The average Bonchev–Trinajstić information content (AvgIpc) is 2.07. The molecule has 0 saturated heterocycles. The Balaban J connectivity index is 3.38. The fourth-order valence-electron chi connectivity index (χ4n) is 1.14. The number of rotatable bonds is 2. The molecule has 1 aromatic carbocycles. The molecule has 0 spiro atoms. The number of nitrogens with two attached hydrogens (primary N) is 1. The van der Waals surface area contributed by atoms with Crippen LogP contribution in [-0.2, 0) is 0 Å². The van der Waals surface area contributed by atoms with Gasteiger partial charge in [0.1, 0.15) is 0 Å². The van der Waals surface area contributed by atoms with Gasteiger partial charge >= 0.3 is 11.9 Å². The van der Waals surface area contributed by atoms with E-state index in [9.17, 15) is 9.59 Å². The third-order valence-corrected chi connectivity index (χ3v) is 1.86. The molecule has 0 heterocycles. The molecule has 0 radical (unpaired) electrons. The standard InChI is InChI=1S/C9H9NO4/c1-4-2-6(9(13)14)7(10)3-5(4)8(11)12/h2-3H,10H2,1H3,(H,11,12)(H,13,14). The van der Waals surface area contributed by atoms with Crippen LogP contribution < -0.4 is 5.73 Å². The SMILES string of the molecule is Cc1cc(C(=O)O)c(N)cc1C(=O)O. The van der Waals surface area contributed by atoms with Gasteiger partial charge in [-0.25, -0.2) is 9.59 Å². The number of aromatic carboxylic acids is 2. The predicted molar refractivity (Wildman–Crippen MR) is 49.5 cm³/mol. The van der Waals surface area contributed by atoms with Crippen LogP contribution >= 0.6 is 0 Å². The van der Waals surface area contributed by atoms with Gasteiger partial charge in [-0.3, -0.25) is 0 Å². The summed E-state index contributed by atoms with van der Waals surface area (Å²) in [5.74, 6) is -2.28. The molecule has 5 nitrogen and oxygen atoms in total. The first-order valence-corrected chi connectivity index (χ1v) is 3.80. The Morgan fingerprint density at radius 1 is 1.14 bits per heavy atom. The quantitative estimate of drug-likeness (QED) is 0.610. The molecule has 0 unspecified atom stereocenters. The maximum Gasteiger partial charge on any atom is 0.337 e. The Hall–Kier alpha value is -2.04. The molecule has 14 heavy (non-hydrogen) atoms. The first-order chi connectivity index (χ1) is 6.43. The van der Waals surface area contributed by atoms with Crippen molar-refractivity contribution in [1.82, 2.24) is 0 Å². The van der Waals surface area contributed by atoms with E-state index in [1.54, 1.807) is 0 Å². The molecule has 0 saturated carbocycles. The lowest BCUT2D eigenvalue weighted by molar-refractivity contribution is 0.0681. The van der Waals surface area contributed by atoms with Crippen LogP contribution in [0.5, 0.6) is 0 Å². The summed E-state index contributed by atoms with van der Waals surface area (Å²) in [6.45, 7) is 1.52. The zero-order chi connectivity index (χ0) is 10.9. The minimum absolute atomic E-state index is 0.0208. The molecule has 0 aliphatic carbocycles. The summed E-state index contributed by atoms with van der Waals surface area (Å²) in [6.07, 6.45) is 0. The number of carbonyl (C=O) groups is 2. The number of benzene rings is 1. The Morgan fingerprint density at radius 2 is 1.64 bits per heavy atom. The summed E-state index contributed by atoms with van der Waals surface area (Å²) in [4.78, 5) is 21.3. The van der Waals surface area contributed by atoms with Crippen molar-refractivity contribution in [2.24, 2.45) is 0 Å². The third-order valence-electron chi connectivity index (χ3n) is 1.86. The topological polar surface area (TPSA) is 101 Å². The third kappa shape index (κ3) is 1.66. The molecule has 0 atom stereocenters. The molecule has 0 amide bonds. The van der Waals surface area contributed by atoms with Gasteiger partial charge in [0.2, 0.25) is 0 Å². The second-order valence-electron chi connectivity index (χ2n) is 2.86. The van der Waals surface area contributed by atoms with Crippen LogP contribution in [0.15, 0.2) is 12.1 Å². The minimum Gasteiger partial charge on any atom is -0.478 e. The summed E-state index contributed by atoms with van der Waals surface area (Å²) < 4.78 is 0. The second kappa shape index (κ2) is 3.37. The molecule has 0 aliphatic rings. The number of aryl methyl sites for hydroxylation is 1. The summed E-state index contributed by atoms with van der Waals surface area (Å²) in [5.41, 5.74) is 5.67. The average molecular weight is 195 g/mol. The lowest BCUT2D eigenvalue weighted by atomic mass is 10.0. The van der Waals surface area contributed by atoms with Crippen molar-refractivity contribution >= 4 is 17.6 Å². The van der Waals surface area contributed by atoms with Gasteiger partial charge in [0.05, 0.1) is 11.1 Å². The van der Waals surface area contributed by atoms with E-state index in [0.717, 1.165) is 6.07 Å². The van der Waals surface area contributed by atoms with E-state index in [1.165, 1.54) is 13.0 Å². The van der Waals surface area contributed by atoms with Crippen molar-refractivity contribution in [3.63, 3.8) is 0 Å². The van der Waals surface area contributed by atoms with Crippen LogP contribution in [0.3, 0.4) is 0 Å². The van der Waals surface area contributed by atoms with Crippen molar-refractivity contribution in [3.05, 3.63) is 28.8 Å². The Kier molecular flexibility index (Phi) is 2.42. The summed E-state index contributed by atoms with van der Waals surface area (Å²) >= 11 is 0. The van der Waals surface area contributed by atoms with Gasteiger partial charge in [0.25, 0.3) is 0 Å². The normalized spacial score (nSPS) is 9.79. The van der Waals surface area contributed by atoms with Crippen LogP contribution in [0.2, 0.25) is 0 Å². The second-order valence-corrected chi connectivity index (χ2v) is 2.86. The van der Waals surface area contributed by atoms with E-state index in [2.05, 4.69) is 0 Å². The van der Waals surface area contributed by atoms with Gasteiger partial charge in [-0.15, -0.1) is 0 Å². The summed E-state index contributed by atoms with van der Waals surface area (Å²) in [7, 11) is 0. The Labute approximate surface area is 79.8 Å². The van der Waals surface area contributed by atoms with Crippen LogP contribution in [0.1, 0.15) is 26.3 Å². The molecule has 5 heteroatoms. The lowest BCUT2D eigenvalue weighted by Gasteiger charge is -2.05. The monoisotopic (exact) mass is 195 g/mol. The number of hydrogen-bond acceptors (Lipinski definition) is 3. The van der Waals surface area contributed by atoms with Gasteiger partial charge in [0, 0.05) is 5.69 Å². The fourth-order valence-corrected chi connectivity index (χ4v) is 1.14. The van der Waals surface area contributed by atoms with Gasteiger partial charge in [-0.1, -0.05) is 0 Å². The fraction of sp³-hybridized carbons (Fsp3) is 0.111. The van der Waals surface area contributed by atoms with Crippen molar-refractivity contribution in [1.29, 1.82) is 0 Å². The Morgan fingerprint density at radius 3 is 2.07 bits per heavy atom. The van der Waals surface area contributed by atoms with E-state index in [4.69, 9.17) is 15.9 Å². The largest absolute Gasteiger partial charge is 0.478 e. The van der Waals surface area contributed by atoms with Gasteiger partial charge in [-0.2, -0.15) is 0 Å². The van der Waals surface area contributed by atoms with E-state index in [0.29, 0.717) is 5.56 Å². The number of nitrogen functional groups attached to an aromatic ring is 1. The highest BCUT2D eigenvalue weighted by molar-refractivity contribution is 5.98. The van der Waals surface area contributed by atoms with Crippen molar-refractivity contribution in [2.45, 2.75) is 6.92 Å². The van der Waals surface area contributed by atoms with Crippen LogP contribution in [0, 0.1) is 6.92 Å². The molecule has 74 valence electrons. The lowest BCUT2D eigenvalue weighted by Crippen LogP contribution is -2.07. The highest BCUT2D eigenvalue weighted by atomic mass is 16.4. The number of anilines is 1. The number of carboxylic acids is 2. The summed E-state index contributed by atoms with van der Waals surface area (Å²) in [6, 6.07) is 2.40. The maximum absolute atomic E-state index is 10.7. The number of carboxylic acid groups (broad SMARTS) is 2. The smallest absolute Gasteiger partial charge is 0.337 e. The van der Waals surface area contributed by atoms with Gasteiger partial charge in [-0.05, 0) is 24.6 Å². The van der Waals surface area contributed by atoms with Crippen molar-refractivity contribution in [2.75, 3.05) is 5.73 Å². The first kappa shape index (κ1) is 10.0. The molecule has 4 N–H and O–H groups in total. The molecule has 0 aliphatic heterocycles. The molecular formula is C9H9NO4. The summed E-state index contributed by atoms with van der Waals surface area (Å²) in [5, 5.41) is 17.4. The first-order valence-electron chi connectivity index (χ1n) is 3.80. The highest BCUT2D eigenvalue weighted by Gasteiger charge is 2.14. The maximum atomic E-state index is 10.7. The molecule has 0 bridgehead atoms. The molecule has 0 aromatic heterocycles. The van der Waals surface area contributed by atoms with E-state index < -0.39 is 11.9 Å². The van der Waals surface area contributed by atoms with E-state index in [-0.39, 0.29) is 16.8 Å². The van der Waals surface area contributed by atoms with Crippen molar-refractivity contribution in [3.8, 4) is 0 Å². The zero-order valence-electron chi connectivity index (χ0n) is 7.44. The predicted octanol–water partition coefficient (Wildman–Crippen LogP) is 0.974. The molecular weight excluding hydrogens is 186 g/mol. The highest BCUT2D eigenvalue weighted by Crippen LogP contribution is 2.18. The van der Waals surface area contributed by atoms with E-state index in [1.807, 2.05) is 0 Å². The van der Waals surface area contributed by atoms with Crippen LogP contribution in [-0.4, -0.2) is 22.2 Å². The Bertz CT molecular complexity index is 372. The molecule has 1 aromatic rings. The molecule has 1 rings (SSSR count). The van der Waals surface area contributed by atoms with Crippen LogP contribution in [0.4, 0.5) is 5.69 Å². The molecule has 0 fully saturated rings. The van der Waals surface area contributed by atoms with Gasteiger partial charge < -0.3 is 15.9 Å². The van der Waals surface area contributed by atoms with E-state index >= 15 is 0 Å². The minimum atomic E-state index is -1.16. The zero-order valence-corrected chi connectivity index (χ0v) is 7.44. The van der Waals surface area contributed by atoms with Crippen LogP contribution in [0.25, 0.3) is 0 Å².